The maximum absolute atomic E-state index is 12.8. The van der Waals surface area contributed by atoms with Crippen molar-refractivity contribution in [2.45, 2.75) is 239 Å². The third kappa shape index (κ3) is 47.6. The van der Waals surface area contributed by atoms with E-state index < -0.39 is 6.10 Å². The van der Waals surface area contributed by atoms with Crippen LogP contribution in [0.3, 0.4) is 0 Å². The molecule has 0 aromatic heterocycles. The average Bonchev–Trinajstić information content (AvgIpc) is 3.27. The molecule has 0 fully saturated rings. The Morgan fingerprint density at radius 2 is 0.710 bits per heavy atom. The standard InChI is InChI=1S/C56H94O6/c1-4-7-10-13-16-19-22-25-27-29-31-34-37-40-43-46-49-55(58)61-52-53(51-60-54(57)48-45-42-39-36-33-30-24-21-18-15-12-9-6-3)62-56(59)50-47-44-41-38-35-32-28-26-23-20-17-14-11-8-5-2/h7-8,10-11,14,16-17,19-20,23,25-28,53H,4-6,9,12-13,15,18,21-22,24,29-52H2,1-3H3/b10-7-,11-8-,17-14-,19-16-,23-20-,27-25-,28-26-. The van der Waals surface area contributed by atoms with Crippen LogP contribution >= 0.6 is 0 Å². The van der Waals surface area contributed by atoms with Crippen molar-refractivity contribution in [2.75, 3.05) is 13.2 Å². The highest BCUT2D eigenvalue weighted by atomic mass is 16.6. The summed E-state index contributed by atoms with van der Waals surface area (Å²) in [6.45, 7) is 6.36. The first-order valence-electron chi connectivity index (χ1n) is 25.6. The molecule has 0 aliphatic heterocycles. The molecule has 0 aromatic rings. The van der Waals surface area contributed by atoms with Crippen LogP contribution in [-0.4, -0.2) is 37.2 Å². The van der Waals surface area contributed by atoms with Gasteiger partial charge in [-0.1, -0.05) is 228 Å². The molecular formula is C56H94O6. The molecule has 354 valence electrons. The van der Waals surface area contributed by atoms with Crippen LogP contribution in [0.2, 0.25) is 0 Å². The number of hydrogen-bond donors (Lipinski definition) is 0. The minimum atomic E-state index is -0.792. The number of esters is 3. The fraction of sp³-hybridized carbons (Fsp3) is 0.696. The van der Waals surface area contributed by atoms with E-state index in [1.54, 1.807) is 0 Å². The summed E-state index contributed by atoms with van der Waals surface area (Å²) in [5.41, 5.74) is 0. The van der Waals surface area contributed by atoms with Gasteiger partial charge in [-0.05, 0) is 70.6 Å². The number of carbonyl (C=O) groups excluding carboxylic acids is 3. The number of rotatable bonds is 45. The van der Waals surface area contributed by atoms with Gasteiger partial charge >= 0.3 is 17.9 Å². The summed E-state index contributed by atoms with van der Waals surface area (Å²) in [5, 5.41) is 0. The Morgan fingerprint density at radius 1 is 0.355 bits per heavy atom. The SMILES string of the molecule is CC\C=C/C=C\C=C/C=C\CCCCCCCC(=O)OC(COC(=O)CCCCCCCC/C=C\C/C=C\C/C=C\CC)COC(=O)CCCCCCCCCCCCCCC. The van der Waals surface area contributed by atoms with Gasteiger partial charge in [-0.2, -0.15) is 0 Å². The lowest BCUT2D eigenvalue weighted by atomic mass is 10.0. The molecular weight excluding hydrogens is 769 g/mol. The van der Waals surface area contributed by atoms with Gasteiger partial charge in [-0.15, -0.1) is 0 Å². The van der Waals surface area contributed by atoms with E-state index in [0.717, 1.165) is 109 Å². The quantitative estimate of drug-likeness (QED) is 0.0199. The van der Waals surface area contributed by atoms with Crippen molar-refractivity contribution in [1.29, 1.82) is 0 Å². The fourth-order valence-electron chi connectivity index (χ4n) is 6.94. The number of hydrogen-bond acceptors (Lipinski definition) is 6. The number of unbranched alkanes of at least 4 members (excludes halogenated alkanes) is 23. The van der Waals surface area contributed by atoms with Crippen molar-refractivity contribution in [3.63, 3.8) is 0 Å². The van der Waals surface area contributed by atoms with Crippen molar-refractivity contribution in [2.24, 2.45) is 0 Å². The lowest BCUT2D eigenvalue weighted by molar-refractivity contribution is -0.167. The van der Waals surface area contributed by atoms with E-state index in [2.05, 4.69) is 87.6 Å². The Kier molecular flexibility index (Phi) is 47.5. The van der Waals surface area contributed by atoms with Crippen molar-refractivity contribution >= 4 is 17.9 Å². The summed E-state index contributed by atoms with van der Waals surface area (Å²) in [6.07, 6.45) is 64.2. The highest BCUT2D eigenvalue weighted by Gasteiger charge is 2.19. The predicted octanol–water partition coefficient (Wildman–Crippen LogP) is 16.8. The largest absolute Gasteiger partial charge is 0.462 e. The van der Waals surface area contributed by atoms with Gasteiger partial charge in [0.05, 0.1) is 0 Å². The van der Waals surface area contributed by atoms with E-state index in [-0.39, 0.29) is 31.1 Å². The molecule has 0 amide bonds. The van der Waals surface area contributed by atoms with Crippen molar-refractivity contribution < 1.29 is 28.6 Å². The Bertz CT molecular complexity index is 1220. The molecule has 6 heteroatoms. The van der Waals surface area contributed by atoms with Crippen LogP contribution in [-0.2, 0) is 28.6 Å². The lowest BCUT2D eigenvalue weighted by Crippen LogP contribution is -2.30. The van der Waals surface area contributed by atoms with Gasteiger partial charge in [0.15, 0.2) is 6.10 Å². The van der Waals surface area contributed by atoms with Crippen LogP contribution in [0.4, 0.5) is 0 Å². The molecule has 6 nitrogen and oxygen atoms in total. The molecule has 0 radical (unpaired) electrons. The van der Waals surface area contributed by atoms with Crippen molar-refractivity contribution in [3.8, 4) is 0 Å². The third-order valence-corrected chi connectivity index (χ3v) is 10.7. The summed E-state index contributed by atoms with van der Waals surface area (Å²) in [4.78, 5) is 38.0. The fourth-order valence-corrected chi connectivity index (χ4v) is 6.94. The third-order valence-electron chi connectivity index (χ3n) is 10.7. The van der Waals surface area contributed by atoms with Crippen molar-refractivity contribution in [1.82, 2.24) is 0 Å². The molecule has 0 aliphatic carbocycles. The Morgan fingerprint density at radius 3 is 1.18 bits per heavy atom. The smallest absolute Gasteiger partial charge is 0.306 e. The van der Waals surface area contributed by atoms with Gasteiger partial charge in [0, 0.05) is 19.3 Å². The highest BCUT2D eigenvalue weighted by molar-refractivity contribution is 5.71. The van der Waals surface area contributed by atoms with Crippen LogP contribution in [0.1, 0.15) is 233 Å². The molecule has 0 saturated heterocycles. The zero-order valence-electron chi connectivity index (χ0n) is 40.4. The van der Waals surface area contributed by atoms with Gasteiger partial charge in [-0.3, -0.25) is 14.4 Å². The summed E-state index contributed by atoms with van der Waals surface area (Å²) >= 11 is 0. The maximum atomic E-state index is 12.8. The second kappa shape index (κ2) is 50.2. The number of ether oxygens (including phenoxy) is 3. The van der Waals surface area contributed by atoms with Gasteiger partial charge in [-0.25, -0.2) is 0 Å². The molecule has 0 spiro atoms. The first-order valence-corrected chi connectivity index (χ1v) is 25.6. The molecule has 0 saturated carbocycles. The van der Waals surface area contributed by atoms with Gasteiger partial charge in [0.2, 0.25) is 0 Å². The Balaban J connectivity index is 4.45. The highest BCUT2D eigenvalue weighted by Crippen LogP contribution is 2.15. The molecule has 0 N–H and O–H groups in total. The first kappa shape index (κ1) is 58.6. The molecule has 0 aliphatic rings. The molecule has 0 heterocycles. The van der Waals surface area contributed by atoms with E-state index in [1.807, 2.05) is 18.2 Å². The second-order valence-corrected chi connectivity index (χ2v) is 16.8. The van der Waals surface area contributed by atoms with Crippen LogP contribution in [0.5, 0.6) is 0 Å². The number of carbonyl (C=O) groups is 3. The van der Waals surface area contributed by atoms with E-state index in [1.165, 1.54) is 83.5 Å². The molecule has 0 rings (SSSR count). The summed E-state index contributed by atoms with van der Waals surface area (Å²) in [6, 6.07) is 0. The van der Waals surface area contributed by atoms with Crippen LogP contribution < -0.4 is 0 Å². The van der Waals surface area contributed by atoms with Crippen LogP contribution in [0, 0.1) is 0 Å². The molecule has 0 bridgehead atoms. The van der Waals surface area contributed by atoms with E-state index in [9.17, 15) is 14.4 Å². The average molecular weight is 863 g/mol. The van der Waals surface area contributed by atoms with Gasteiger partial charge < -0.3 is 14.2 Å². The molecule has 1 unspecified atom stereocenters. The van der Waals surface area contributed by atoms with Gasteiger partial charge in [0.1, 0.15) is 13.2 Å². The Labute approximate surface area is 382 Å². The summed E-state index contributed by atoms with van der Waals surface area (Å²) in [7, 11) is 0. The molecule has 1 atom stereocenters. The zero-order valence-corrected chi connectivity index (χ0v) is 40.4. The normalized spacial score (nSPS) is 12.8. The van der Waals surface area contributed by atoms with Crippen molar-refractivity contribution in [3.05, 3.63) is 85.1 Å². The maximum Gasteiger partial charge on any atom is 0.306 e. The molecule has 0 aromatic carbocycles. The summed E-state index contributed by atoms with van der Waals surface area (Å²) in [5.74, 6) is -0.926. The van der Waals surface area contributed by atoms with Crippen LogP contribution in [0.15, 0.2) is 85.1 Å². The van der Waals surface area contributed by atoms with Crippen LogP contribution in [0.25, 0.3) is 0 Å². The van der Waals surface area contributed by atoms with E-state index >= 15 is 0 Å². The molecule has 62 heavy (non-hydrogen) atoms. The first-order chi connectivity index (χ1) is 30.5. The van der Waals surface area contributed by atoms with E-state index in [0.29, 0.717) is 19.3 Å². The topological polar surface area (TPSA) is 78.9 Å². The summed E-state index contributed by atoms with van der Waals surface area (Å²) < 4.78 is 16.8. The zero-order chi connectivity index (χ0) is 45.1. The number of allylic oxidation sites excluding steroid dienone is 14. The van der Waals surface area contributed by atoms with Gasteiger partial charge in [0.25, 0.3) is 0 Å². The lowest BCUT2D eigenvalue weighted by Gasteiger charge is -2.18. The second-order valence-electron chi connectivity index (χ2n) is 16.8. The van der Waals surface area contributed by atoms with E-state index in [4.69, 9.17) is 14.2 Å². The Hall–Kier alpha value is -3.41. The minimum Gasteiger partial charge on any atom is -0.462 e. The predicted molar refractivity (Wildman–Crippen MR) is 265 cm³/mol. The minimum absolute atomic E-state index is 0.0896. The monoisotopic (exact) mass is 863 g/mol.